The molecule has 0 aromatic heterocycles. The van der Waals surface area contributed by atoms with Crippen molar-refractivity contribution in [1.82, 2.24) is 0 Å². The molecule has 1 fully saturated rings. The highest BCUT2D eigenvalue weighted by molar-refractivity contribution is 5.95. The highest BCUT2D eigenvalue weighted by Gasteiger charge is 2.45. The van der Waals surface area contributed by atoms with E-state index in [1.165, 1.54) is 12.1 Å². The molecule has 2 aromatic rings. The Morgan fingerprint density at radius 1 is 1.14 bits per heavy atom. The van der Waals surface area contributed by atoms with Crippen LogP contribution in [-0.4, -0.2) is 5.91 Å². The number of carbonyl (C=O) groups excluding carboxylic acids is 1. The largest absolute Gasteiger partial charge is 0.323 e. The number of halogens is 2. The summed E-state index contributed by atoms with van der Waals surface area (Å²) < 4.78 is 27.3. The standard InChI is InChI=1S/C17H15F2NO/c1-10-6-7-15(19)16(8-10)20-17(21)13-9-12(13)11-4-2-3-5-14(11)18/h2-8,12-13H,9H2,1H3,(H,20,21). The molecule has 2 atom stereocenters. The fourth-order valence-electron chi connectivity index (χ4n) is 2.56. The van der Waals surface area contributed by atoms with E-state index in [1.807, 2.05) is 6.92 Å². The van der Waals surface area contributed by atoms with Crippen molar-refractivity contribution in [3.8, 4) is 0 Å². The van der Waals surface area contributed by atoms with Crippen LogP contribution >= 0.6 is 0 Å². The van der Waals surface area contributed by atoms with Gasteiger partial charge in [0.1, 0.15) is 11.6 Å². The summed E-state index contributed by atoms with van der Waals surface area (Å²) in [6.07, 6.45) is 0.597. The summed E-state index contributed by atoms with van der Waals surface area (Å²) in [4.78, 5) is 12.1. The van der Waals surface area contributed by atoms with Gasteiger partial charge in [-0.25, -0.2) is 8.78 Å². The smallest absolute Gasteiger partial charge is 0.228 e. The van der Waals surface area contributed by atoms with Crippen LogP contribution in [-0.2, 0) is 4.79 Å². The molecule has 1 N–H and O–H groups in total. The number of anilines is 1. The molecule has 2 unspecified atom stereocenters. The van der Waals surface area contributed by atoms with Gasteiger partial charge in [0.05, 0.1) is 5.69 Å². The predicted octanol–water partition coefficient (Wildman–Crippen LogP) is 4.02. The second kappa shape index (κ2) is 5.28. The molecular weight excluding hydrogens is 272 g/mol. The van der Waals surface area contributed by atoms with Crippen LogP contribution in [0.25, 0.3) is 0 Å². The van der Waals surface area contributed by atoms with Gasteiger partial charge in [-0.05, 0) is 48.6 Å². The van der Waals surface area contributed by atoms with E-state index in [2.05, 4.69) is 5.32 Å². The number of benzene rings is 2. The Kier molecular flexibility index (Phi) is 3.45. The Morgan fingerprint density at radius 2 is 1.90 bits per heavy atom. The molecule has 2 aromatic carbocycles. The molecule has 1 aliphatic rings. The maximum atomic E-state index is 13.7. The van der Waals surface area contributed by atoms with E-state index in [9.17, 15) is 13.6 Å². The third-order valence-electron chi connectivity index (χ3n) is 3.81. The Hall–Kier alpha value is -2.23. The molecule has 21 heavy (non-hydrogen) atoms. The summed E-state index contributed by atoms with van der Waals surface area (Å²) in [6.45, 7) is 1.83. The Balaban J connectivity index is 1.71. The van der Waals surface area contributed by atoms with Gasteiger partial charge in [0.25, 0.3) is 0 Å². The van der Waals surface area contributed by atoms with Gasteiger partial charge in [-0.3, -0.25) is 4.79 Å². The second-order valence-corrected chi connectivity index (χ2v) is 5.44. The van der Waals surface area contributed by atoms with Gasteiger partial charge >= 0.3 is 0 Å². The molecule has 3 rings (SSSR count). The first-order valence-electron chi connectivity index (χ1n) is 6.87. The van der Waals surface area contributed by atoms with Crippen molar-refractivity contribution in [3.05, 3.63) is 65.2 Å². The topological polar surface area (TPSA) is 29.1 Å². The molecule has 0 spiro atoms. The summed E-state index contributed by atoms with van der Waals surface area (Å²) >= 11 is 0. The SMILES string of the molecule is Cc1ccc(F)c(NC(=O)C2CC2c2ccccc2F)c1. The van der Waals surface area contributed by atoms with E-state index in [1.54, 1.807) is 30.3 Å². The zero-order chi connectivity index (χ0) is 15.0. The monoisotopic (exact) mass is 287 g/mol. The van der Waals surface area contributed by atoms with Gasteiger partial charge in [0, 0.05) is 5.92 Å². The molecule has 0 saturated heterocycles. The fourth-order valence-corrected chi connectivity index (χ4v) is 2.56. The van der Waals surface area contributed by atoms with Gasteiger partial charge in [-0.15, -0.1) is 0 Å². The first-order chi connectivity index (χ1) is 10.1. The van der Waals surface area contributed by atoms with Gasteiger partial charge < -0.3 is 5.32 Å². The van der Waals surface area contributed by atoms with Gasteiger partial charge in [-0.1, -0.05) is 24.3 Å². The molecule has 108 valence electrons. The van der Waals surface area contributed by atoms with E-state index in [0.717, 1.165) is 5.56 Å². The van der Waals surface area contributed by atoms with Crippen LogP contribution in [0.2, 0.25) is 0 Å². The molecule has 0 aliphatic heterocycles. The maximum Gasteiger partial charge on any atom is 0.228 e. The van der Waals surface area contributed by atoms with Gasteiger partial charge in [-0.2, -0.15) is 0 Å². The minimum absolute atomic E-state index is 0.112. The van der Waals surface area contributed by atoms with Crippen LogP contribution in [0.15, 0.2) is 42.5 Å². The molecular formula is C17H15F2NO. The Morgan fingerprint density at radius 3 is 2.67 bits per heavy atom. The molecule has 1 aliphatic carbocycles. The molecule has 1 saturated carbocycles. The van der Waals surface area contributed by atoms with E-state index in [0.29, 0.717) is 12.0 Å². The van der Waals surface area contributed by atoms with Crippen LogP contribution in [0.4, 0.5) is 14.5 Å². The van der Waals surface area contributed by atoms with Crippen LogP contribution in [0.3, 0.4) is 0 Å². The van der Waals surface area contributed by atoms with E-state index in [4.69, 9.17) is 0 Å². The maximum absolute atomic E-state index is 13.7. The van der Waals surface area contributed by atoms with Crippen LogP contribution in [0.5, 0.6) is 0 Å². The van der Waals surface area contributed by atoms with Gasteiger partial charge in [0.2, 0.25) is 5.91 Å². The van der Waals surface area contributed by atoms with Crippen molar-refractivity contribution < 1.29 is 13.6 Å². The zero-order valence-electron chi connectivity index (χ0n) is 11.6. The normalized spacial score (nSPS) is 20.1. The lowest BCUT2D eigenvalue weighted by atomic mass is 10.1. The summed E-state index contributed by atoms with van der Waals surface area (Å²) in [5, 5.41) is 2.60. The van der Waals surface area contributed by atoms with E-state index >= 15 is 0 Å². The van der Waals surface area contributed by atoms with E-state index < -0.39 is 5.82 Å². The van der Waals surface area contributed by atoms with E-state index in [-0.39, 0.29) is 29.2 Å². The lowest BCUT2D eigenvalue weighted by Crippen LogP contribution is -2.15. The average molecular weight is 287 g/mol. The third-order valence-corrected chi connectivity index (χ3v) is 3.81. The van der Waals surface area contributed by atoms with Crippen molar-refractivity contribution in [2.45, 2.75) is 19.3 Å². The lowest BCUT2D eigenvalue weighted by molar-refractivity contribution is -0.117. The summed E-state index contributed by atoms with van der Waals surface area (Å²) in [6, 6.07) is 11.0. The zero-order valence-corrected chi connectivity index (χ0v) is 11.6. The van der Waals surface area contributed by atoms with Crippen molar-refractivity contribution in [3.63, 3.8) is 0 Å². The molecule has 0 radical (unpaired) electrons. The second-order valence-electron chi connectivity index (χ2n) is 5.44. The number of hydrogen-bond donors (Lipinski definition) is 1. The number of carbonyl (C=O) groups is 1. The lowest BCUT2D eigenvalue weighted by Gasteiger charge is -2.07. The first-order valence-corrected chi connectivity index (χ1v) is 6.87. The number of aryl methyl sites for hydroxylation is 1. The van der Waals surface area contributed by atoms with Crippen molar-refractivity contribution >= 4 is 11.6 Å². The Labute approximate surface area is 121 Å². The quantitative estimate of drug-likeness (QED) is 0.907. The summed E-state index contributed by atoms with van der Waals surface area (Å²) in [5.41, 5.74) is 1.61. The Bertz CT molecular complexity index is 699. The number of amides is 1. The minimum atomic E-state index is -0.461. The van der Waals surface area contributed by atoms with Crippen LogP contribution < -0.4 is 5.32 Å². The molecule has 0 heterocycles. The van der Waals surface area contributed by atoms with Gasteiger partial charge in [0.15, 0.2) is 0 Å². The predicted molar refractivity (Wildman–Crippen MR) is 77.0 cm³/mol. The molecule has 1 amide bonds. The van der Waals surface area contributed by atoms with Crippen molar-refractivity contribution in [1.29, 1.82) is 0 Å². The summed E-state index contributed by atoms with van der Waals surface area (Å²) in [7, 11) is 0. The minimum Gasteiger partial charge on any atom is -0.323 e. The third kappa shape index (κ3) is 2.79. The fraction of sp³-hybridized carbons (Fsp3) is 0.235. The van der Waals surface area contributed by atoms with Crippen LogP contribution in [0, 0.1) is 24.5 Å². The van der Waals surface area contributed by atoms with Crippen molar-refractivity contribution in [2.75, 3.05) is 5.32 Å². The van der Waals surface area contributed by atoms with Crippen molar-refractivity contribution in [2.24, 2.45) is 5.92 Å². The highest BCUT2D eigenvalue weighted by Crippen LogP contribution is 2.48. The number of nitrogens with one attached hydrogen (secondary N) is 1. The molecule has 0 bridgehead atoms. The number of hydrogen-bond acceptors (Lipinski definition) is 1. The average Bonchev–Trinajstić information content (AvgIpc) is 3.24. The number of rotatable bonds is 3. The summed E-state index contributed by atoms with van der Waals surface area (Å²) in [5.74, 6) is -1.41. The first kappa shape index (κ1) is 13.7. The molecule has 4 heteroatoms. The highest BCUT2D eigenvalue weighted by atomic mass is 19.1. The van der Waals surface area contributed by atoms with Crippen LogP contribution in [0.1, 0.15) is 23.5 Å². The molecule has 2 nitrogen and oxygen atoms in total.